The molecule has 28 heavy (non-hydrogen) atoms. The molecule has 0 atom stereocenters. The van der Waals surface area contributed by atoms with E-state index in [0.29, 0.717) is 11.6 Å². The molecule has 2 heterocycles. The number of aromatic nitrogens is 1. The first-order valence-electron chi connectivity index (χ1n) is 10.4. The van der Waals surface area contributed by atoms with Gasteiger partial charge in [0, 0.05) is 5.56 Å². The Labute approximate surface area is 170 Å². The van der Waals surface area contributed by atoms with E-state index in [1.165, 1.54) is 11.3 Å². The minimum atomic E-state index is -6.00. The third kappa shape index (κ3) is 5.75. The van der Waals surface area contributed by atoms with Crippen LogP contribution < -0.4 is 0 Å². The van der Waals surface area contributed by atoms with Gasteiger partial charge in [-0.25, -0.2) is 0 Å². The van der Waals surface area contributed by atoms with Gasteiger partial charge in [0.2, 0.25) is 0 Å². The van der Waals surface area contributed by atoms with E-state index in [0.717, 1.165) is 10.4 Å². The van der Waals surface area contributed by atoms with Crippen molar-refractivity contribution in [1.82, 2.24) is 4.98 Å². The summed E-state index contributed by atoms with van der Waals surface area (Å²) in [6.45, 7) is 0. The summed E-state index contributed by atoms with van der Waals surface area (Å²) in [4.78, 5) is 5.37. The van der Waals surface area contributed by atoms with Crippen LogP contribution in [0.1, 0.15) is 6.85 Å². The maximum atomic E-state index is 9.75. The van der Waals surface area contributed by atoms with Crippen molar-refractivity contribution < 1.29 is 28.5 Å². The summed E-state index contributed by atoms with van der Waals surface area (Å²) in [5, 5.41) is 1.89. The summed E-state index contributed by atoms with van der Waals surface area (Å²) >= 11 is 1.45. The van der Waals surface area contributed by atoms with E-state index in [4.69, 9.17) is 11.3 Å². The molecule has 0 aliphatic heterocycles. The van der Waals surface area contributed by atoms with Crippen LogP contribution in [0.2, 0.25) is 0 Å². The smallest absolute Gasteiger partial charge is 0.418 e. The van der Waals surface area contributed by atoms with Gasteiger partial charge in [-0.15, -0.1) is 11.3 Å². The summed E-state index contributed by atoms with van der Waals surface area (Å²) in [5.41, 5.74) is 1.45. The fourth-order valence-corrected chi connectivity index (χ4v) is 2.83. The Bertz CT molecular complexity index is 1240. The average Bonchev–Trinajstić information content (AvgIpc) is 3.31. The van der Waals surface area contributed by atoms with E-state index < -0.39 is 25.4 Å². The van der Waals surface area contributed by atoms with Crippen molar-refractivity contribution in [3.63, 3.8) is 0 Å². The maximum Gasteiger partial charge on any atom is 0.673 e. The summed E-state index contributed by atoms with van der Waals surface area (Å²) in [6.07, 6.45) is 0. The summed E-state index contributed by atoms with van der Waals surface area (Å²) in [7, 11) is -6.00. The number of benzene rings is 2. The van der Waals surface area contributed by atoms with Crippen LogP contribution in [-0.2, 0) is 0 Å². The van der Waals surface area contributed by atoms with Crippen LogP contribution in [0.4, 0.5) is 17.3 Å². The molecule has 8 heteroatoms. The molecule has 0 unspecified atom stereocenters. The van der Waals surface area contributed by atoms with Gasteiger partial charge in [0.25, 0.3) is 0 Å². The summed E-state index contributed by atoms with van der Waals surface area (Å²) in [6, 6.07) is 12.9. The van der Waals surface area contributed by atoms with Crippen LogP contribution >= 0.6 is 11.3 Å². The molecule has 0 radical (unpaired) electrons. The van der Waals surface area contributed by atoms with Crippen LogP contribution in [0.15, 0.2) is 88.5 Å². The Morgan fingerprint density at radius 2 is 1.57 bits per heavy atom. The van der Waals surface area contributed by atoms with Gasteiger partial charge in [0.1, 0.15) is 0 Å². The number of hydrogen-bond acceptors (Lipinski definition) is 2. The monoisotopic (exact) mass is 408 g/mol. The Morgan fingerprint density at radius 3 is 2.18 bits per heavy atom. The second kappa shape index (κ2) is 8.80. The highest BCUT2D eigenvalue weighted by Crippen LogP contribution is 2.31. The molecule has 2 aromatic heterocycles. The molecule has 0 amide bonds. The summed E-state index contributed by atoms with van der Waals surface area (Å²) in [5.74, 6) is 0.507. The normalized spacial score (nSPS) is 13.4. The zero-order chi connectivity index (χ0) is 24.3. The van der Waals surface area contributed by atoms with Crippen molar-refractivity contribution in [2.24, 2.45) is 0 Å². The first kappa shape index (κ1) is 14.1. The second-order valence-electron chi connectivity index (χ2n) is 5.25. The Hall–Kier alpha value is -3.00. The lowest BCUT2D eigenvalue weighted by Gasteiger charge is -2.00. The molecule has 0 aliphatic rings. The quantitative estimate of drug-likeness (QED) is 0.202. The van der Waals surface area contributed by atoms with Crippen LogP contribution in [0.3, 0.4) is 0 Å². The van der Waals surface area contributed by atoms with Crippen molar-refractivity contribution >= 4 is 18.6 Å². The minimum absolute atomic E-state index is 0.0170. The minimum Gasteiger partial charge on any atom is -0.418 e. The van der Waals surface area contributed by atoms with Gasteiger partial charge in [-0.3, -0.25) is 0 Å². The molecule has 0 fully saturated rings. The number of nitrogens with zero attached hydrogens (tertiary/aromatic N) is 1. The number of halogens is 4. The first-order valence-corrected chi connectivity index (χ1v) is 8.74. The molecule has 2 aromatic carbocycles. The topological polar surface area (TPSA) is 24.2 Å². The molecule has 0 aliphatic carbocycles. The third-order valence-corrected chi connectivity index (χ3v) is 4.10. The molecule has 142 valence electrons. The van der Waals surface area contributed by atoms with E-state index in [-0.39, 0.29) is 23.4 Å². The molecule has 0 saturated carbocycles. The Kier molecular flexibility index (Phi) is 4.42. The van der Waals surface area contributed by atoms with Crippen LogP contribution in [0.25, 0.3) is 33.3 Å². The van der Waals surface area contributed by atoms with Crippen LogP contribution in [0, 0.1) is 0 Å². The van der Waals surface area contributed by atoms with E-state index in [1.807, 2.05) is 47.8 Å². The number of rotatable bonds is 3. The van der Waals surface area contributed by atoms with Gasteiger partial charge < -0.3 is 17.3 Å². The summed E-state index contributed by atoms with van der Waals surface area (Å²) < 4.78 is 85.1. The predicted molar refractivity (Wildman–Crippen MR) is 105 cm³/mol. The van der Waals surface area contributed by atoms with Gasteiger partial charge in [0.05, 0.1) is 24.2 Å². The second-order valence-corrected chi connectivity index (χ2v) is 6.20. The highest BCUT2D eigenvalue weighted by Gasteiger charge is 2.22. The standard InChI is InChI=1S/C20H14NOS.BF4/c1-3-8-15(9-4-1)17-14-18(16-10-5-2-6-11-16)22-20(21-17)19-12-7-13-23-19;2-1(3,4)5/h1-14H;/q+1;-1/i2D,5D,6D,10D,11D;. The molecule has 0 N–H and O–H groups in total. The molecule has 2 nitrogen and oxygen atoms in total. The van der Waals surface area contributed by atoms with Gasteiger partial charge in [-0.2, -0.15) is 9.40 Å². The molecule has 0 saturated heterocycles. The third-order valence-electron chi connectivity index (χ3n) is 3.24. The highest BCUT2D eigenvalue weighted by atomic mass is 32.1. The lowest BCUT2D eigenvalue weighted by atomic mass is 10.1. The highest BCUT2D eigenvalue weighted by molar-refractivity contribution is 7.13. The van der Waals surface area contributed by atoms with E-state index in [1.54, 1.807) is 6.07 Å². The van der Waals surface area contributed by atoms with Gasteiger partial charge >= 0.3 is 18.9 Å². The van der Waals surface area contributed by atoms with Gasteiger partial charge in [-0.1, -0.05) is 54.5 Å². The number of thiophene rings is 1. The van der Waals surface area contributed by atoms with Crippen molar-refractivity contribution in [2.45, 2.75) is 0 Å². The Balaban J connectivity index is 0.000000555. The largest absolute Gasteiger partial charge is 0.673 e. The molecule has 4 aromatic rings. The first-order chi connectivity index (χ1) is 15.5. The van der Waals surface area contributed by atoms with Crippen molar-refractivity contribution in [1.29, 1.82) is 0 Å². The van der Waals surface area contributed by atoms with Gasteiger partial charge in [-0.05, 0) is 23.5 Å². The Morgan fingerprint density at radius 1 is 0.893 bits per heavy atom. The zero-order valence-electron chi connectivity index (χ0n) is 19.0. The fourth-order valence-electron chi connectivity index (χ4n) is 2.18. The van der Waals surface area contributed by atoms with Crippen LogP contribution in [-0.4, -0.2) is 12.2 Å². The number of hydrogen-bond donors (Lipinski definition) is 0. The molecule has 0 bridgehead atoms. The fraction of sp³-hybridized carbons (Fsp3) is 0. The van der Waals surface area contributed by atoms with Crippen LogP contribution in [0.5, 0.6) is 0 Å². The predicted octanol–water partition coefficient (Wildman–Crippen LogP) is 7.32. The maximum absolute atomic E-state index is 9.75. The SMILES string of the molecule is F[B-](F)(F)F.[2H]c1c([2H])c([2H])c(-c2cc(-c3ccccc3)nc(-c3cccs3)[o+]2)c([2H])c1[2H]. The van der Waals surface area contributed by atoms with Crippen molar-refractivity contribution in [2.75, 3.05) is 0 Å². The molecule has 0 spiro atoms. The van der Waals surface area contributed by atoms with Crippen molar-refractivity contribution in [3.05, 3.63) is 84.1 Å². The van der Waals surface area contributed by atoms with Crippen molar-refractivity contribution in [3.8, 4) is 33.3 Å². The zero-order valence-corrected chi connectivity index (χ0v) is 14.9. The van der Waals surface area contributed by atoms with E-state index >= 15 is 0 Å². The van der Waals surface area contributed by atoms with E-state index in [2.05, 4.69) is 4.98 Å². The average molecular weight is 408 g/mol. The van der Waals surface area contributed by atoms with Gasteiger partial charge in [0.15, 0.2) is 4.88 Å². The van der Waals surface area contributed by atoms with E-state index in [9.17, 15) is 17.3 Å². The lowest BCUT2D eigenvalue weighted by Crippen LogP contribution is -2.02. The molecule has 4 rings (SSSR count). The molecular weight excluding hydrogens is 389 g/mol. The lowest BCUT2D eigenvalue weighted by molar-refractivity contribution is 0.368. The molecular formula is C20H14BF4NOS.